The average molecular weight is 337 g/mol. The molecular formula is C16H20FN3O2S. The number of nitrogens with zero attached hydrogens (tertiary/aromatic N) is 1. The summed E-state index contributed by atoms with van der Waals surface area (Å²) in [5.41, 5.74) is 4.06. The zero-order valence-electron chi connectivity index (χ0n) is 13.0. The molecule has 1 aromatic heterocycles. The number of nitrogens with one attached hydrogen (secondary N) is 1. The number of aromatic nitrogens is 1. The number of rotatable bonds is 7. The Morgan fingerprint density at radius 2 is 2.22 bits per heavy atom. The highest BCUT2D eigenvalue weighted by Gasteiger charge is 2.08. The van der Waals surface area contributed by atoms with Gasteiger partial charge in [0, 0.05) is 5.38 Å². The Labute approximate surface area is 138 Å². The number of benzene rings is 1. The number of amides is 1. The lowest BCUT2D eigenvalue weighted by molar-refractivity contribution is 0.139. The summed E-state index contributed by atoms with van der Waals surface area (Å²) in [4.78, 5) is 15.4. The first-order valence-electron chi connectivity index (χ1n) is 7.46. The summed E-state index contributed by atoms with van der Waals surface area (Å²) >= 11 is 1.66. The van der Waals surface area contributed by atoms with Crippen LogP contribution in [0.3, 0.4) is 0 Å². The van der Waals surface area contributed by atoms with Crippen molar-refractivity contribution in [3.05, 3.63) is 51.2 Å². The summed E-state index contributed by atoms with van der Waals surface area (Å²) in [6.07, 6.45) is 2.62. The van der Waals surface area contributed by atoms with Crippen LogP contribution < -0.4 is 11.3 Å². The van der Waals surface area contributed by atoms with Crippen molar-refractivity contribution in [1.82, 2.24) is 10.4 Å². The summed E-state index contributed by atoms with van der Waals surface area (Å²) in [7, 11) is 0. The van der Waals surface area contributed by atoms with Gasteiger partial charge in [0.1, 0.15) is 12.4 Å². The molecule has 0 radical (unpaired) electrons. The van der Waals surface area contributed by atoms with Crippen molar-refractivity contribution < 1.29 is 13.9 Å². The van der Waals surface area contributed by atoms with Crippen molar-refractivity contribution >= 4 is 17.4 Å². The molecular weight excluding hydrogens is 317 g/mol. The van der Waals surface area contributed by atoms with Gasteiger partial charge in [0.25, 0.3) is 0 Å². The maximum Gasteiger partial charge on any atom is 0.421 e. The minimum atomic E-state index is -0.749. The van der Waals surface area contributed by atoms with E-state index in [4.69, 9.17) is 10.6 Å². The smallest absolute Gasteiger partial charge is 0.421 e. The molecule has 0 unspecified atom stereocenters. The van der Waals surface area contributed by atoms with E-state index in [1.165, 1.54) is 6.07 Å². The van der Waals surface area contributed by atoms with Crippen molar-refractivity contribution in [2.24, 2.45) is 5.84 Å². The maximum atomic E-state index is 14.1. The largest absolute Gasteiger partial charge is 0.444 e. The highest BCUT2D eigenvalue weighted by atomic mass is 32.1. The van der Waals surface area contributed by atoms with E-state index in [0.29, 0.717) is 24.0 Å². The summed E-state index contributed by atoms with van der Waals surface area (Å²) in [5, 5.41) is 3.17. The Balaban J connectivity index is 1.91. The summed E-state index contributed by atoms with van der Waals surface area (Å²) in [5.74, 6) is 4.60. The molecule has 23 heavy (non-hydrogen) atoms. The van der Waals surface area contributed by atoms with E-state index in [1.807, 2.05) is 10.8 Å². The number of halogens is 1. The van der Waals surface area contributed by atoms with Crippen molar-refractivity contribution in [1.29, 1.82) is 0 Å². The third-order valence-electron chi connectivity index (χ3n) is 3.32. The SMILES string of the molecule is CCCc1nc(CCc2ccc(COC(=O)NN)cc2F)cs1. The van der Waals surface area contributed by atoms with Crippen LogP contribution in [0.5, 0.6) is 0 Å². The topological polar surface area (TPSA) is 77.2 Å². The van der Waals surface area contributed by atoms with Crippen molar-refractivity contribution in [3.63, 3.8) is 0 Å². The first-order valence-corrected chi connectivity index (χ1v) is 8.34. The average Bonchev–Trinajstić information content (AvgIpc) is 2.99. The van der Waals surface area contributed by atoms with Crippen molar-refractivity contribution in [2.45, 2.75) is 39.2 Å². The summed E-state index contributed by atoms with van der Waals surface area (Å²) < 4.78 is 18.9. The highest BCUT2D eigenvalue weighted by molar-refractivity contribution is 7.09. The molecule has 1 amide bonds. The molecule has 1 aromatic carbocycles. The predicted octanol–water partition coefficient (Wildman–Crippen LogP) is 3.12. The highest BCUT2D eigenvalue weighted by Crippen LogP contribution is 2.17. The molecule has 124 valence electrons. The van der Waals surface area contributed by atoms with Crippen LogP contribution in [0.15, 0.2) is 23.6 Å². The summed E-state index contributed by atoms with van der Waals surface area (Å²) in [6, 6.07) is 4.84. The van der Waals surface area contributed by atoms with E-state index in [1.54, 1.807) is 23.5 Å². The molecule has 0 aliphatic heterocycles. The van der Waals surface area contributed by atoms with Gasteiger partial charge in [-0.25, -0.2) is 20.0 Å². The lowest BCUT2D eigenvalue weighted by Gasteiger charge is -2.07. The van der Waals surface area contributed by atoms with E-state index in [-0.39, 0.29) is 12.4 Å². The zero-order chi connectivity index (χ0) is 16.7. The fourth-order valence-corrected chi connectivity index (χ4v) is 3.06. The first kappa shape index (κ1) is 17.4. The first-order chi connectivity index (χ1) is 11.1. The number of hydrogen-bond donors (Lipinski definition) is 2. The number of aryl methyl sites for hydroxylation is 3. The minimum Gasteiger partial charge on any atom is -0.444 e. The van der Waals surface area contributed by atoms with Crippen molar-refractivity contribution in [2.75, 3.05) is 0 Å². The predicted molar refractivity (Wildman–Crippen MR) is 87.4 cm³/mol. The molecule has 5 nitrogen and oxygen atoms in total. The molecule has 0 saturated heterocycles. The molecule has 0 aliphatic rings. The fourth-order valence-electron chi connectivity index (χ4n) is 2.13. The zero-order valence-corrected chi connectivity index (χ0v) is 13.8. The standard InChI is InChI=1S/C16H20FN3O2S/c1-2-3-15-19-13(10-23-15)7-6-12-5-4-11(8-14(12)17)9-22-16(21)20-18/h4-5,8,10H,2-3,6-7,9,18H2,1H3,(H,20,21). The lowest BCUT2D eigenvalue weighted by atomic mass is 10.1. The van der Waals surface area contributed by atoms with Gasteiger partial charge in [0.2, 0.25) is 0 Å². The second-order valence-electron chi connectivity index (χ2n) is 5.13. The quantitative estimate of drug-likeness (QED) is 0.462. The number of nitrogens with two attached hydrogens (primary N) is 1. The van der Waals surface area contributed by atoms with Gasteiger partial charge in [-0.3, -0.25) is 5.43 Å². The normalized spacial score (nSPS) is 10.6. The van der Waals surface area contributed by atoms with E-state index in [9.17, 15) is 9.18 Å². The van der Waals surface area contributed by atoms with Crippen LogP contribution in [-0.4, -0.2) is 11.1 Å². The third kappa shape index (κ3) is 5.30. The fraction of sp³-hybridized carbons (Fsp3) is 0.375. The van der Waals surface area contributed by atoms with Gasteiger partial charge in [0.15, 0.2) is 0 Å². The molecule has 3 N–H and O–H groups in total. The molecule has 0 aliphatic carbocycles. The second kappa shape index (κ2) is 8.59. The second-order valence-corrected chi connectivity index (χ2v) is 6.07. The Morgan fingerprint density at radius 3 is 2.91 bits per heavy atom. The minimum absolute atomic E-state index is 0.0211. The number of carbonyl (C=O) groups is 1. The Kier molecular flexibility index (Phi) is 6.49. The number of thiazole rings is 1. The van der Waals surface area contributed by atoms with Crippen LogP contribution in [0.2, 0.25) is 0 Å². The van der Waals surface area contributed by atoms with Gasteiger partial charge in [-0.15, -0.1) is 11.3 Å². The van der Waals surface area contributed by atoms with Crippen LogP contribution in [0.1, 0.15) is 35.2 Å². The van der Waals surface area contributed by atoms with E-state index in [0.717, 1.165) is 23.5 Å². The van der Waals surface area contributed by atoms with Crippen LogP contribution in [-0.2, 0) is 30.6 Å². The molecule has 7 heteroatoms. The number of hydrogen-bond acceptors (Lipinski definition) is 5. The van der Waals surface area contributed by atoms with E-state index < -0.39 is 6.09 Å². The monoisotopic (exact) mass is 337 g/mol. The van der Waals surface area contributed by atoms with Gasteiger partial charge >= 0.3 is 6.09 Å². The van der Waals surface area contributed by atoms with Gasteiger partial charge in [-0.2, -0.15) is 0 Å². The molecule has 0 fully saturated rings. The third-order valence-corrected chi connectivity index (χ3v) is 4.28. The number of hydrazine groups is 1. The van der Waals surface area contributed by atoms with Gasteiger partial charge in [-0.1, -0.05) is 19.1 Å². The van der Waals surface area contributed by atoms with Crippen LogP contribution >= 0.6 is 11.3 Å². The number of carbonyl (C=O) groups excluding carboxylic acids is 1. The Morgan fingerprint density at radius 1 is 1.39 bits per heavy atom. The molecule has 0 atom stereocenters. The van der Waals surface area contributed by atoms with E-state index in [2.05, 4.69) is 11.9 Å². The Hall–Kier alpha value is -1.99. The van der Waals surface area contributed by atoms with E-state index >= 15 is 0 Å². The molecule has 0 saturated carbocycles. The Bertz CT molecular complexity index is 661. The molecule has 1 heterocycles. The van der Waals surface area contributed by atoms with Crippen LogP contribution in [0.4, 0.5) is 9.18 Å². The van der Waals surface area contributed by atoms with Gasteiger partial charge < -0.3 is 4.74 Å². The molecule has 0 bridgehead atoms. The summed E-state index contributed by atoms with van der Waals surface area (Å²) in [6.45, 7) is 2.10. The maximum absolute atomic E-state index is 14.1. The van der Waals surface area contributed by atoms with Gasteiger partial charge in [0.05, 0.1) is 10.7 Å². The van der Waals surface area contributed by atoms with Gasteiger partial charge in [-0.05, 0) is 42.9 Å². The van der Waals surface area contributed by atoms with Crippen molar-refractivity contribution in [3.8, 4) is 0 Å². The van der Waals surface area contributed by atoms with Crippen LogP contribution in [0.25, 0.3) is 0 Å². The molecule has 2 aromatic rings. The molecule has 2 rings (SSSR count). The van der Waals surface area contributed by atoms with Crippen LogP contribution in [0, 0.1) is 5.82 Å². The number of ether oxygens (including phenoxy) is 1. The lowest BCUT2D eigenvalue weighted by Crippen LogP contribution is -2.30. The molecule has 0 spiro atoms.